The SMILES string of the molecule is Cc1ccc(OP(=O)(O)O)cc1-c1ccc(OP(=O)(O)O)cc1. The number of aryl methyl sites for hydroxylation is 1. The molecule has 0 amide bonds. The normalized spacial score (nSPS) is 12.0. The Kier molecular flexibility index (Phi) is 4.96. The van der Waals surface area contributed by atoms with Gasteiger partial charge < -0.3 is 9.05 Å². The van der Waals surface area contributed by atoms with Gasteiger partial charge in [0.25, 0.3) is 0 Å². The van der Waals surface area contributed by atoms with Crippen LogP contribution in [0.4, 0.5) is 0 Å². The molecule has 2 aromatic rings. The topological polar surface area (TPSA) is 134 Å². The van der Waals surface area contributed by atoms with Crippen LogP contribution in [0.2, 0.25) is 0 Å². The summed E-state index contributed by atoms with van der Waals surface area (Å²) >= 11 is 0. The number of phosphoric ester groups is 2. The van der Waals surface area contributed by atoms with E-state index in [0.717, 1.165) is 5.56 Å². The summed E-state index contributed by atoms with van der Waals surface area (Å²) in [4.78, 5) is 35.2. The summed E-state index contributed by atoms with van der Waals surface area (Å²) < 4.78 is 30.7. The minimum Gasteiger partial charge on any atom is -0.404 e. The van der Waals surface area contributed by atoms with Gasteiger partial charge in [-0.3, -0.25) is 19.6 Å². The molecule has 8 nitrogen and oxygen atoms in total. The third kappa shape index (κ3) is 5.48. The van der Waals surface area contributed by atoms with Crippen LogP contribution in [-0.4, -0.2) is 19.6 Å². The monoisotopic (exact) mass is 360 g/mol. The highest BCUT2D eigenvalue weighted by Gasteiger charge is 2.17. The molecule has 124 valence electrons. The average Bonchev–Trinajstić information content (AvgIpc) is 2.39. The smallest absolute Gasteiger partial charge is 0.404 e. The van der Waals surface area contributed by atoms with Crippen LogP contribution in [-0.2, 0) is 9.13 Å². The molecule has 0 fully saturated rings. The molecule has 2 aromatic carbocycles. The Morgan fingerprint density at radius 2 is 1.26 bits per heavy atom. The van der Waals surface area contributed by atoms with Crippen LogP contribution in [0.1, 0.15) is 5.56 Å². The summed E-state index contributed by atoms with van der Waals surface area (Å²) in [6.07, 6.45) is 0. The van der Waals surface area contributed by atoms with Crippen molar-refractivity contribution in [2.24, 2.45) is 0 Å². The molecule has 2 rings (SSSR count). The summed E-state index contributed by atoms with van der Waals surface area (Å²) in [5, 5.41) is 0. The Balaban J connectivity index is 2.32. The van der Waals surface area contributed by atoms with Crippen molar-refractivity contribution in [1.29, 1.82) is 0 Å². The Hall–Kier alpha value is -1.66. The minimum atomic E-state index is -4.65. The van der Waals surface area contributed by atoms with E-state index in [0.29, 0.717) is 11.1 Å². The van der Waals surface area contributed by atoms with Gasteiger partial charge in [-0.1, -0.05) is 18.2 Å². The van der Waals surface area contributed by atoms with Gasteiger partial charge in [-0.15, -0.1) is 0 Å². The highest BCUT2D eigenvalue weighted by Crippen LogP contribution is 2.40. The maximum absolute atomic E-state index is 10.9. The van der Waals surface area contributed by atoms with Gasteiger partial charge in [0.1, 0.15) is 11.5 Å². The third-order valence-electron chi connectivity index (χ3n) is 2.82. The van der Waals surface area contributed by atoms with Crippen LogP contribution in [0.5, 0.6) is 11.5 Å². The van der Waals surface area contributed by atoms with Crippen LogP contribution in [0.25, 0.3) is 11.1 Å². The zero-order chi connectivity index (χ0) is 17.3. The first-order valence-electron chi connectivity index (χ1n) is 6.25. The third-order valence-corrected chi connectivity index (χ3v) is 3.72. The molecule has 10 heteroatoms. The molecule has 0 heterocycles. The van der Waals surface area contributed by atoms with Crippen molar-refractivity contribution in [1.82, 2.24) is 0 Å². The Morgan fingerprint density at radius 1 is 0.783 bits per heavy atom. The van der Waals surface area contributed by atoms with E-state index >= 15 is 0 Å². The van der Waals surface area contributed by atoms with Gasteiger partial charge in [0.05, 0.1) is 0 Å². The standard InChI is InChI=1S/C13H14O8P2/c1-9-2-5-12(21-23(17,18)19)8-13(9)10-3-6-11(7-4-10)20-22(14,15)16/h2-8H,1H3,(H2,14,15,16)(H2,17,18,19). The molecule has 4 N–H and O–H groups in total. The van der Waals surface area contributed by atoms with Gasteiger partial charge in [0.15, 0.2) is 0 Å². The molecule has 23 heavy (non-hydrogen) atoms. The van der Waals surface area contributed by atoms with E-state index in [1.807, 2.05) is 0 Å². The molecule has 0 atom stereocenters. The number of hydrogen-bond donors (Lipinski definition) is 4. The second-order valence-corrected chi connectivity index (χ2v) is 6.99. The summed E-state index contributed by atoms with van der Waals surface area (Å²) in [6.45, 7) is 1.80. The van der Waals surface area contributed by atoms with E-state index < -0.39 is 15.6 Å². The quantitative estimate of drug-likeness (QED) is 0.598. The number of hydrogen-bond acceptors (Lipinski definition) is 4. The summed E-state index contributed by atoms with van der Waals surface area (Å²) in [5.41, 5.74) is 2.14. The highest BCUT2D eigenvalue weighted by molar-refractivity contribution is 7.47. The van der Waals surface area contributed by atoms with Crippen molar-refractivity contribution in [2.45, 2.75) is 6.92 Å². The maximum Gasteiger partial charge on any atom is 0.524 e. The molecule has 0 aliphatic rings. The minimum absolute atomic E-state index is 0.00218. The molecule has 0 aliphatic carbocycles. The predicted molar refractivity (Wildman–Crippen MR) is 82.0 cm³/mol. The van der Waals surface area contributed by atoms with Crippen molar-refractivity contribution in [2.75, 3.05) is 0 Å². The Morgan fingerprint density at radius 3 is 1.78 bits per heavy atom. The number of benzene rings is 2. The van der Waals surface area contributed by atoms with Crippen LogP contribution >= 0.6 is 15.6 Å². The van der Waals surface area contributed by atoms with Gasteiger partial charge in [-0.2, -0.15) is 0 Å². The lowest BCUT2D eigenvalue weighted by Gasteiger charge is -2.12. The van der Waals surface area contributed by atoms with Crippen molar-refractivity contribution >= 4 is 15.6 Å². The Labute approximate surface area is 131 Å². The summed E-state index contributed by atoms with van der Waals surface area (Å²) in [5.74, 6) is 0.0110. The fourth-order valence-corrected chi connectivity index (χ4v) is 2.72. The Bertz CT molecular complexity index is 790. The molecule has 0 aromatic heterocycles. The van der Waals surface area contributed by atoms with E-state index in [4.69, 9.17) is 19.6 Å². The highest BCUT2D eigenvalue weighted by atomic mass is 31.2. The lowest BCUT2D eigenvalue weighted by atomic mass is 10.0. The van der Waals surface area contributed by atoms with E-state index in [2.05, 4.69) is 9.05 Å². The second kappa shape index (κ2) is 6.45. The largest absolute Gasteiger partial charge is 0.524 e. The fourth-order valence-electron chi connectivity index (χ4n) is 1.94. The van der Waals surface area contributed by atoms with E-state index in [1.165, 1.54) is 24.3 Å². The average molecular weight is 360 g/mol. The zero-order valence-electron chi connectivity index (χ0n) is 11.9. The van der Waals surface area contributed by atoms with Gasteiger partial charge in [-0.05, 0) is 47.9 Å². The van der Waals surface area contributed by atoms with Crippen LogP contribution < -0.4 is 9.05 Å². The van der Waals surface area contributed by atoms with Crippen LogP contribution in [0, 0.1) is 6.92 Å². The number of phosphoric acid groups is 2. The van der Waals surface area contributed by atoms with E-state index in [1.54, 1.807) is 25.1 Å². The van der Waals surface area contributed by atoms with Gasteiger partial charge >= 0.3 is 15.6 Å². The van der Waals surface area contributed by atoms with Crippen molar-refractivity contribution < 1.29 is 37.8 Å². The maximum atomic E-state index is 10.9. The summed E-state index contributed by atoms with van der Waals surface area (Å²) in [7, 11) is -9.27. The summed E-state index contributed by atoms with van der Waals surface area (Å²) in [6, 6.07) is 10.4. The van der Waals surface area contributed by atoms with Crippen molar-refractivity contribution in [3.05, 3.63) is 48.0 Å². The van der Waals surface area contributed by atoms with Crippen molar-refractivity contribution in [3.63, 3.8) is 0 Å². The molecule has 0 bridgehead atoms. The van der Waals surface area contributed by atoms with Crippen LogP contribution in [0.15, 0.2) is 42.5 Å². The lowest BCUT2D eigenvalue weighted by Crippen LogP contribution is -1.92. The van der Waals surface area contributed by atoms with E-state index in [-0.39, 0.29) is 11.5 Å². The molecule has 0 radical (unpaired) electrons. The van der Waals surface area contributed by atoms with Crippen LogP contribution in [0.3, 0.4) is 0 Å². The molecule has 0 saturated heterocycles. The van der Waals surface area contributed by atoms with Gasteiger partial charge in [0, 0.05) is 0 Å². The van der Waals surface area contributed by atoms with Crippen molar-refractivity contribution in [3.8, 4) is 22.6 Å². The second-order valence-electron chi connectivity index (χ2n) is 4.66. The molecule has 0 spiro atoms. The first-order valence-corrected chi connectivity index (χ1v) is 9.31. The zero-order valence-corrected chi connectivity index (χ0v) is 13.6. The first-order chi connectivity index (χ1) is 10.5. The predicted octanol–water partition coefficient (Wildman–Crippen LogP) is 2.61. The molecular weight excluding hydrogens is 346 g/mol. The molecule has 0 saturated carbocycles. The molecule has 0 aliphatic heterocycles. The fraction of sp³-hybridized carbons (Fsp3) is 0.0769. The molecule has 0 unspecified atom stereocenters. The van der Waals surface area contributed by atoms with Gasteiger partial charge in [-0.25, -0.2) is 9.13 Å². The first kappa shape index (κ1) is 17.7. The number of rotatable bonds is 5. The lowest BCUT2D eigenvalue weighted by molar-refractivity contribution is 0.281. The van der Waals surface area contributed by atoms with E-state index in [9.17, 15) is 9.13 Å². The van der Waals surface area contributed by atoms with Gasteiger partial charge in [0.2, 0.25) is 0 Å². The molecular formula is C13H14O8P2.